The molecule has 3 nitrogen and oxygen atoms in total. The summed E-state index contributed by atoms with van der Waals surface area (Å²) in [5.74, 6) is 0.633. The predicted octanol–water partition coefficient (Wildman–Crippen LogP) is 3.20. The summed E-state index contributed by atoms with van der Waals surface area (Å²) in [6, 6.07) is 0.308. The Hall–Kier alpha value is -0.960. The van der Waals surface area contributed by atoms with E-state index in [0.29, 0.717) is 17.4 Å². The first-order valence-corrected chi connectivity index (χ1v) is 6.44. The second-order valence-corrected chi connectivity index (χ2v) is 5.74. The molecule has 0 saturated carbocycles. The van der Waals surface area contributed by atoms with Crippen LogP contribution in [0.25, 0.3) is 0 Å². The van der Waals surface area contributed by atoms with Crippen molar-refractivity contribution in [3.05, 3.63) is 24.3 Å². The van der Waals surface area contributed by atoms with Gasteiger partial charge in [0.15, 0.2) is 0 Å². The average Bonchev–Trinajstić information content (AvgIpc) is 2.28. The zero-order valence-corrected chi connectivity index (χ0v) is 11.7. The molecule has 0 fully saturated rings. The average molecular weight is 235 g/mol. The number of hydrogen-bond acceptors (Lipinski definition) is 3. The normalized spacial score (nSPS) is 15.6. The van der Waals surface area contributed by atoms with E-state index in [0.717, 1.165) is 18.7 Å². The number of nitrogens with one attached hydrogen (secondary N) is 1. The summed E-state index contributed by atoms with van der Waals surface area (Å²) in [6.07, 6.45) is 6.44. The second kappa shape index (κ2) is 6.10. The fourth-order valence-corrected chi connectivity index (χ4v) is 1.75. The van der Waals surface area contributed by atoms with Crippen molar-refractivity contribution >= 4 is 0 Å². The third kappa shape index (κ3) is 4.43. The van der Waals surface area contributed by atoms with Crippen molar-refractivity contribution in [2.24, 2.45) is 11.3 Å². The molecule has 96 valence electrons. The molecule has 1 heterocycles. The van der Waals surface area contributed by atoms with Crippen molar-refractivity contribution in [3.63, 3.8) is 0 Å². The van der Waals surface area contributed by atoms with Crippen LogP contribution in [-0.2, 0) is 0 Å². The number of aromatic nitrogens is 2. The summed E-state index contributed by atoms with van der Waals surface area (Å²) in [5.41, 5.74) is 1.38. The molecule has 0 spiro atoms. The van der Waals surface area contributed by atoms with Crippen molar-refractivity contribution in [3.8, 4) is 0 Å². The summed E-state index contributed by atoms with van der Waals surface area (Å²) in [4.78, 5) is 8.56. The van der Waals surface area contributed by atoms with Crippen LogP contribution in [0.4, 0.5) is 0 Å². The van der Waals surface area contributed by atoms with Gasteiger partial charge in [-0.2, -0.15) is 0 Å². The van der Waals surface area contributed by atoms with Gasteiger partial charge in [0.2, 0.25) is 0 Å². The first-order valence-electron chi connectivity index (χ1n) is 6.44. The van der Waals surface area contributed by atoms with Crippen LogP contribution in [0.5, 0.6) is 0 Å². The van der Waals surface area contributed by atoms with Crippen LogP contribution in [0, 0.1) is 11.3 Å². The van der Waals surface area contributed by atoms with E-state index in [1.165, 1.54) is 0 Å². The molecule has 2 unspecified atom stereocenters. The van der Waals surface area contributed by atoms with Crippen LogP contribution in [0.15, 0.2) is 18.6 Å². The van der Waals surface area contributed by atoms with E-state index < -0.39 is 0 Å². The molecule has 17 heavy (non-hydrogen) atoms. The second-order valence-electron chi connectivity index (χ2n) is 5.74. The fraction of sp³-hybridized carbons (Fsp3) is 0.714. The molecule has 0 amide bonds. The van der Waals surface area contributed by atoms with E-state index in [-0.39, 0.29) is 0 Å². The minimum atomic E-state index is 0.308. The lowest BCUT2D eigenvalue weighted by Crippen LogP contribution is -2.28. The zero-order valence-electron chi connectivity index (χ0n) is 11.7. The molecule has 0 saturated heterocycles. The van der Waals surface area contributed by atoms with Gasteiger partial charge in [-0.3, -0.25) is 9.97 Å². The standard InChI is InChI=1S/C14H25N3/c1-6-16-12(9-11(2)14(3,4)5)13-10-15-7-8-17-13/h7-8,10-12,16H,6,9H2,1-5H3. The Balaban J connectivity index is 2.74. The molecule has 1 aromatic rings. The van der Waals surface area contributed by atoms with E-state index >= 15 is 0 Å². The van der Waals surface area contributed by atoms with Gasteiger partial charge in [-0.25, -0.2) is 0 Å². The molecule has 1 rings (SSSR count). The summed E-state index contributed by atoms with van der Waals surface area (Å²) < 4.78 is 0. The summed E-state index contributed by atoms with van der Waals surface area (Å²) in [6.45, 7) is 12.3. The largest absolute Gasteiger partial charge is 0.309 e. The van der Waals surface area contributed by atoms with E-state index in [1.807, 2.05) is 6.20 Å². The predicted molar refractivity (Wildman–Crippen MR) is 71.7 cm³/mol. The maximum atomic E-state index is 4.41. The van der Waals surface area contributed by atoms with Gasteiger partial charge in [0.05, 0.1) is 11.7 Å². The van der Waals surface area contributed by atoms with Crippen molar-refractivity contribution in [2.75, 3.05) is 6.54 Å². The van der Waals surface area contributed by atoms with E-state index in [4.69, 9.17) is 0 Å². The Morgan fingerprint density at radius 1 is 1.29 bits per heavy atom. The van der Waals surface area contributed by atoms with Crippen LogP contribution in [0.2, 0.25) is 0 Å². The van der Waals surface area contributed by atoms with E-state index in [9.17, 15) is 0 Å². The smallest absolute Gasteiger partial charge is 0.0756 e. The molecule has 0 radical (unpaired) electrons. The Labute approximate surface area is 105 Å². The highest BCUT2D eigenvalue weighted by Crippen LogP contribution is 2.32. The van der Waals surface area contributed by atoms with Crippen molar-refractivity contribution in [1.29, 1.82) is 0 Å². The van der Waals surface area contributed by atoms with Gasteiger partial charge in [-0.1, -0.05) is 34.6 Å². The van der Waals surface area contributed by atoms with Gasteiger partial charge < -0.3 is 5.32 Å². The first kappa shape index (κ1) is 14.1. The molecular weight excluding hydrogens is 210 g/mol. The van der Waals surface area contributed by atoms with Crippen molar-refractivity contribution in [2.45, 2.75) is 47.1 Å². The SMILES string of the molecule is CCNC(CC(C)C(C)(C)C)c1cnccn1. The maximum absolute atomic E-state index is 4.41. The minimum Gasteiger partial charge on any atom is -0.309 e. The van der Waals surface area contributed by atoms with Gasteiger partial charge >= 0.3 is 0 Å². The monoisotopic (exact) mass is 235 g/mol. The van der Waals surface area contributed by atoms with Crippen LogP contribution >= 0.6 is 0 Å². The number of rotatable bonds is 5. The summed E-state index contributed by atoms with van der Waals surface area (Å²) in [7, 11) is 0. The van der Waals surface area contributed by atoms with Crippen molar-refractivity contribution < 1.29 is 0 Å². The quantitative estimate of drug-likeness (QED) is 0.851. The molecule has 0 aliphatic carbocycles. The molecule has 0 bridgehead atoms. The fourth-order valence-electron chi connectivity index (χ4n) is 1.75. The highest BCUT2D eigenvalue weighted by Gasteiger charge is 2.24. The van der Waals surface area contributed by atoms with E-state index in [1.54, 1.807) is 12.4 Å². The van der Waals surface area contributed by atoms with Gasteiger partial charge in [0.25, 0.3) is 0 Å². The highest BCUT2D eigenvalue weighted by molar-refractivity contribution is 5.02. The number of nitrogens with zero attached hydrogens (tertiary/aromatic N) is 2. The van der Waals surface area contributed by atoms with Gasteiger partial charge in [0.1, 0.15) is 0 Å². The molecule has 3 heteroatoms. The van der Waals surface area contributed by atoms with Gasteiger partial charge in [-0.05, 0) is 24.3 Å². The maximum Gasteiger partial charge on any atom is 0.0756 e. The summed E-state index contributed by atoms with van der Waals surface area (Å²) >= 11 is 0. The highest BCUT2D eigenvalue weighted by atomic mass is 14.9. The zero-order chi connectivity index (χ0) is 12.9. The Bertz CT molecular complexity index is 316. The Morgan fingerprint density at radius 2 is 2.00 bits per heavy atom. The Kier molecular flexibility index (Phi) is 5.06. The Morgan fingerprint density at radius 3 is 2.47 bits per heavy atom. The lowest BCUT2D eigenvalue weighted by Gasteiger charge is -2.30. The van der Waals surface area contributed by atoms with Crippen LogP contribution in [0.1, 0.15) is 52.8 Å². The lowest BCUT2D eigenvalue weighted by atomic mass is 9.78. The summed E-state index contributed by atoms with van der Waals surface area (Å²) in [5, 5.41) is 3.50. The number of hydrogen-bond donors (Lipinski definition) is 1. The van der Waals surface area contributed by atoms with Crippen molar-refractivity contribution in [1.82, 2.24) is 15.3 Å². The molecule has 1 aromatic heterocycles. The molecule has 0 aromatic carbocycles. The molecule has 2 atom stereocenters. The molecule has 1 N–H and O–H groups in total. The van der Waals surface area contributed by atoms with Gasteiger partial charge in [-0.15, -0.1) is 0 Å². The first-order chi connectivity index (χ1) is 7.95. The lowest BCUT2D eigenvalue weighted by molar-refractivity contribution is 0.222. The third-order valence-electron chi connectivity index (χ3n) is 3.46. The van der Waals surface area contributed by atoms with Crippen LogP contribution in [-0.4, -0.2) is 16.5 Å². The van der Waals surface area contributed by atoms with Gasteiger partial charge in [0, 0.05) is 18.6 Å². The third-order valence-corrected chi connectivity index (χ3v) is 3.46. The molecule has 0 aliphatic rings. The molecular formula is C14H25N3. The molecule has 0 aliphatic heterocycles. The minimum absolute atomic E-state index is 0.308. The van der Waals surface area contributed by atoms with Crippen LogP contribution in [0.3, 0.4) is 0 Å². The van der Waals surface area contributed by atoms with E-state index in [2.05, 4.69) is 49.9 Å². The topological polar surface area (TPSA) is 37.8 Å². The van der Waals surface area contributed by atoms with Crippen LogP contribution < -0.4 is 5.32 Å².